The Morgan fingerprint density at radius 1 is 1.05 bits per heavy atom. The maximum absolute atomic E-state index is 5.24. The largest absolute Gasteiger partial charge is 0.361 e. The van der Waals surface area contributed by atoms with Crippen LogP contribution in [0.15, 0.2) is 54.6 Å². The van der Waals surface area contributed by atoms with Crippen LogP contribution in [0.3, 0.4) is 0 Å². The average molecular weight is 328 g/mol. The number of nitrogens with one attached hydrogen (secondary N) is 3. The number of benzene rings is 2. The van der Waals surface area contributed by atoms with Crippen LogP contribution >= 0.6 is 23.6 Å². The third-order valence-corrected chi connectivity index (χ3v) is 4.32. The number of aromatic nitrogens is 1. The number of thiocarbonyl (C=S) groups is 1. The van der Waals surface area contributed by atoms with E-state index in [4.69, 9.17) is 12.2 Å². The highest BCUT2D eigenvalue weighted by molar-refractivity contribution is 7.80. The molecule has 0 saturated carbocycles. The molecule has 0 atom stereocenters. The third-order valence-electron chi connectivity index (χ3n) is 3.12. The van der Waals surface area contributed by atoms with E-state index >= 15 is 0 Å². The molecule has 6 heteroatoms. The number of anilines is 1. The Bertz CT molecular complexity index is 722. The fourth-order valence-electron chi connectivity index (χ4n) is 2.05. The zero-order valence-electron chi connectivity index (χ0n) is 11.9. The number of fused-ring (bicyclic) bond motifs is 1. The van der Waals surface area contributed by atoms with Crippen molar-refractivity contribution in [2.75, 3.05) is 12.0 Å². The molecule has 1 heterocycles. The minimum absolute atomic E-state index is 0.565. The van der Waals surface area contributed by atoms with Crippen molar-refractivity contribution >= 4 is 44.0 Å². The van der Waals surface area contributed by atoms with Crippen molar-refractivity contribution < 1.29 is 0 Å². The minimum atomic E-state index is 0.565. The van der Waals surface area contributed by atoms with Gasteiger partial charge in [0.25, 0.3) is 0 Å². The molecule has 3 rings (SSSR count). The second kappa shape index (κ2) is 7.20. The molecular formula is C16H16N4S2. The van der Waals surface area contributed by atoms with Crippen molar-refractivity contribution in [3.05, 3.63) is 60.2 Å². The molecule has 0 radical (unpaired) electrons. The lowest BCUT2D eigenvalue weighted by Gasteiger charge is -2.10. The molecule has 0 aliphatic rings. The van der Waals surface area contributed by atoms with Crippen molar-refractivity contribution in [3.8, 4) is 0 Å². The third kappa shape index (κ3) is 3.93. The van der Waals surface area contributed by atoms with Gasteiger partial charge in [-0.2, -0.15) is 0 Å². The predicted octanol–water partition coefficient (Wildman–Crippen LogP) is 3.33. The molecule has 0 aliphatic carbocycles. The summed E-state index contributed by atoms with van der Waals surface area (Å²) in [5.74, 6) is 0. The van der Waals surface area contributed by atoms with Gasteiger partial charge in [-0.15, -0.1) is 0 Å². The molecule has 0 unspecified atom stereocenters. The first-order valence-corrected chi connectivity index (χ1v) is 8.23. The zero-order valence-corrected chi connectivity index (χ0v) is 13.5. The van der Waals surface area contributed by atoms with Crippen molar-refractivity contribution in [1.82, 2.24) is 15.7 Å². The molecule has 0 amide bonds. The predicted molar refractivity (Wildman–Crippen MR) is 97.1 cm³/mol. The summed E-state index contributed by atoms with van der Waals surface area (Å²) in [5, 5.41) is 4.53. The molecule has 112 valence electrons. The van der Waals surface area contributed by atoms with Gasteiger partial charge in [0.05, 0.1) is 10.2 Å². The standard InChI is InChI=1S/C16H16N4S2/c21-15(17-11-10-12-6-2-1-3-7-12)19-20-16-18-13-8-4-5-9-14(13)22-16/h1-9H,10-11H2,(H,18,20)(H2,17,19,21). The van der Waals surface area contributed by atoms with Crippen LogP contribution in [-0.2, 0) is 6.42 Å². The van der Waals surface area contributed by atoms with E-state index in [0.29, 0.717) is 5.11 Å². The lowest BCUT2D eigenvalue weighted by atomic mass is 10.1. The monoisotopic (exact) mass is 328 g/mol. The van der Waals surface area contributed by atoms with E-state index in [1.54, 1.807) is 11.3 Å². The highest BCUT2D eigenvalue weighted by atomic mass is 32.1. The van der Waals surface area contributed by atoms with Gasteiger partial charge in [0.2, 0.25) is 5.13 Å². The molecule has 3 aromatic rings. The van der Waals surface area contributed by atoms with E-state index in [2.05, 4.69) is 39.4 Å². The number of nitrogens with zero attached hydrogens (tertiary/aromatic N) is 1. The van der Waals surface area contributed by atoms with E-state index in [9.17, 15) is 0 Å². The summed E-state index contributed by atoms with van der Waals surface area (Å²) in [4.78, 5) is 4.47. The van der Waals surface area contributed by atoms with Crippen LogP contribution in [0.5, 0.6) is 0 Å². The second-order valence-corrected chi connectivity index (χ2v) is 6.17. The van der Waals surface area contributed by atoms with E-state index < -0.39 is 0 Å². The smallest absolute Gasteiger partial charge is 0.202 e. The van der Waals surface area contributed by atoms with Gasteiger partial charge in [0.15, 0.2) is 5.11 Å². The van der Waals surface area contributed by atoms with Crippen molar-refractivity contribution in [2.45, 2.75) is 6.42 Å². The Labute approximate surface area is 138 Å². The van der Waals surface area contributed by atoms with Crippen LogP contribution in [0, 0.1) is 0 Å². The molecule has 2 aromatic carbocycles. The van der Waals surface area contributed by atoms with Gasteiger partial charge in [-0.1, -0.05) is 53.8 Å². The quantitative estimate of drug-likeness (QED) is 0.495. The number of para-hydroxylation sites is 1. The first kappa shape index (κ1) is 14.7. The van der Waals surface area contributed by atoms with E-state index in [0.717, 1.165) is 28.3 Å². The molecule has 0 aliphatic heterocycles. The van der Waals surface area contributed by atoms with Gasteiger partial charge in [-0.05, 0) is 36.3 Å². The van der Waals surface area contributed by atoms with E-state index in [-0.39, 0.29) is 0 Å². The summed E-state index contributed by atoms with van der Waals surface area (Å²) in [6.07, 6.45) is 0.934. The molecule has 3 N–H and O–H groups in total. The lowest BCUT2D eigenvalue weighted by molar-refractivity contribution is 0.848. The fraction of sp³-hybridized carbons (Fsp3) is 0.125. The number of hydrogen-bond acceptors (Lipinski definition) is 4. The van der Waals surface area contributed by atoms with Crippen LogP contribution in [-0.4, -0.2) is 16.6 Å². The number of hydrogen-bond donors (Lipinski definition) is 3. The molecule has 0 bridgehead atoms. The maximum atomic E-state index is 5.24. The van der Waals surface area contributed by atoms with Gasteiger partial charge in [-0.3, -0.25) is 10.9 Å². The molecule has 0 spiro atoms. The topological polar surface area (TPSA) is 49.0 Å². The summed E-state index contributed by atoms with van der Waals surface area (Å²) in [7, 11) is 0. The molecule has 4 nitrogen and oxygen atoms in total. The summed E-state index contributed by atoms with van der Waals surface area (Å²) < 4.78 is 1.15. The Morgan fingerprint density at radius 2 is 1.82 bits per heavy atom. The highest BCUT2D eigenvalue weighted by Gasteiger charge is 2.02. The van der Waals surface area contributed by atoms with E-state index in [1.807, 2.05) is 36.4 Å². The average Bonchev–Trinajstić information content (AvgIpc) is 2.97. The molecular weight excluding hydrogens is 312 g/mol. The SMILES string of the molecule is S=C(NCCc1ccccc1)NNc1nc2ccccc2s1. The summed E-state index contributed by atoms with van der Waals surface area (Å²) >= 11 is 6.83. The molecule has 0 fully saturated rings. The first-order chi connectivity index (χ1) is 10.8. The number of rotatable bonds is 5. The molecule has 0 saturated heterocycles. The summed E-state index contributed by atoms with van der Waals surface area (Å²) in [5.41, 5.74) is 8.28. The van der Waals surface area contributed by atoms with Gasteiger partial charge < -0.3 is 5.32 Å². The Kier molecular flexibility index (Phi) is 4.82. The molecule has 1 aromatic heterocycles. The number of hydrazine groups is 1. The lowest BCUT2D eigenvalue weighted by Crippen LogP contribution is -2.39. The Morgan fingerprint density at radius 3 is 2.64 bits per heavy atom. The van der Waals surface area contributed by atoms with Crippen LogP contribution in [0.1, 0.15) is 5.56 Å². The Balaban J connectivity index is 1.44. The fourth-order valence-corrected chi connectivity index (χ4v) is 3.02. The van der Waals surface area contributed by atoms with Gasteiger partial charge in [-0.25, -0.2) is 4.98 Å². The normalized spacial score (nSPS) is 10.4. The molecule has 22 heavy (non-hydrogen) atoms. The van der Waals surface area contributed by atoms with Crippen LogP contribution in [0.2, 0.25) is 0 Å². The zero-order chi connectivity index (χ0) is 15.2. The van der Waals surface area contributed by atoms with Crippen molar-refractivity contribution in [3.63, 3.8) is 0 Å². The van der Waals surface area contributed by atoms with Gasteiger partial charge in [0, 0.05) is 6.54 Å². The minimum Gasteiger partial charge on any atom is -0.361 e. The van der Waals surface area contributed by atoms with Gasteiger partial charge >= 0.3 is 0 Å². The van der Waals surface area contributed by atoms with Crippen LogP contribution < -0.4 is 16.2 Å². The highest BCUT2D eigenvalue weighted by Crippen LogP contribution is 2.24. The van der Waals surface area contributed by atoms with Crippen LogP contribution in [0.4, 0.5) is 5.13 Å². The Hall–Kier alpha value is -2.18. The van der Waals surface area contributed by atoms with Crippen LogP contribution in [0.25, 0.3) is 10.2 Å². The maximum Gasteiger partial charge on any atom is 0.202 e. The first-order valence-electron chi connectivity index (χ1n) is 7.00. The van der Waals surface area contributed by atoms with Gasteiger partial charge in [0.1, 0.15) is 0 Å². The summed E-state index contributed by atoms with van der Waals surface area (Å²) in [6, 6.07) is 18.4. The second-order valence-electron chi connectivity index (χ2n) is 4.73. The van der Waals surface area contributed by atoms with Crippen molar-refractivity contribution in [2.24, 2.45) is 0 Å². The van der Waals surface area contributed by atoms with Crippen molar-refractivity contribution in [1.29, 1.82) is 0 Å². The van der Waals surface area contributed by atoms with E-state index in [1.165, 1.54) is 5.56 Å². The number of thiazole rings is 1. The summed E-state index contributed by atoms with van der Waals surface area (Å²) in [6.45, 7) is 0.789.